The summed E-state index contributed by atoms with van der Waals surface area (Å²) in [6.45, 7) is 3.64. The fourth-order valence-electron chi connectivity index (χ4n) is 2.42. The van der Waals surface area contributed by atoms with Gasteiger partial charge in [-0.1, -0.05) is 0 Å². The van der Waals surface area contributed by atoms with Gasteiger partial charge in [-0.15, -0.1) is 0 Å². The standard InChI is InChI=1S/C12H19N3O2/c1-9-8-10(13-14(9)2)11-4-3-6-15(11)7-5-12(16)17/h8,11H,3-7H2,1-2H3,(H,16,17)/t11-/m1/s1. The van der Waals surface area contributed by atoms with Gasteiger partial charge in [0.2, 0.25) is 0 Å². The maximum Gasteiger partial charge on any atom is 0.304 e. The molecule has 0 unspecified atom stereocenters. The van der Waals surface area contributed by atoms with Gasteiger partial charge in [0.25, 0.3) is 0 Å². The van der Waals surface area contributed by atoms with Crippen molar-refractivity contribution in [3.8, 4) is 0 Å². The van der Waals surface area contributed by atoms with E-state index in [0.717, 1.165) is 30.8 Å². The first-order chi connectivity index (χ1) is 8.08. The maximum atomic E-state index is 10.6. The minimum absolute atomic E-state index is 0.211. The molecule has 1 fully saturated rings. The molecular formula is C12H19N3O2. The number of aryl methyl sites for hydroxylation is 2. The third kappa shape index (κ3) is 2.66. The highest BCUT2D eigenvalue weighted by Gasteiger charge is 2.28. The van der Waals surface area contributed by atoms with Crippen LogP contribution in [-0.4, -0.2) is 38.8 Å². The molecular weight excluding hydrogens is 218 g/mol. The van der Waals surface area contributed by atoms with Gasteiger partial charge >= 0.3 is 5.97 Å². The zero-order valence-corrected chi connectivity index (χ0v) is 10.4. The maximum absolute atomic E-state index is 10.6. The van der Waals surface area contributed by atoms with Gasteiger partial charge in [-0.2, -0.15) is 5.10 Å². The molecule has 1 N–H and O–H groups in total. The molecule has 1 saturated heterocycles. The lowest BCUT2D eigenvalue weighted by atomic mass is 10.1. The second-order valence-electron chi connectivity index (χ2n) is 4.67. The molecule has 94 valence electrons. The molecule has 2 rings (SSSR count). The van der Waals surface area contributed by atoms with Crippen LogP contribution in [-0.2, 0) is 11.8 Å². The number of aromatic nitrogens is 2. The number of carbonyl (C=O) groups is 1. The van der Waals surface area contributed by atoms with Crippen LogP contribution < -0.4 is 0 Å². The summed E-state index contributed by atoms with van der Waals surface area (Å²) < 4.78 is 1.88. The molecule has 0 amide bonds. The van der Waals surface area contributed by atoms with Crippen LogP contribution in [0.25, 0.3) is 0 Å². The number of hydrogen-bond acceptors (Lipinski definition) is 3. The lowest BCUT2D eigenvalue weighted by Gasteiger charge is -2.21. The van der Waals surface area contributed by atoms with Crippen molar-refractivity contribution < 1.29 is 9.90 Å². The number of likely N-dealkylation sites (tertiary alicyclic amines) is 1. The summed E-state index contributed by atoms with van der Waals surface area (Å²) in [6, 6.07) is 2.40. The zero-order valence-electron chi connectivity index (χ0n) is 10.4. The van der Waals surface area contributed by atoms with E-state index >= 15 is 0 Å². The quantitative estimate of drug-likeness (QED) is 0.858. The second kappa shape index (κ2) is 4.87. The van der Waals surface area contributed by atoms with E-state index in [1.807, 2.05) is 18.7 Å². The van der Waals surface area contributed by atoms with E-state index < -0.39 is 5.97 Å². The Bertz CT molecular complexity index is 394. The normalized spacial score (nSPS) is 20.9. The van der Waals surface area contributed by atoms with E-state index in [-0.39, 0.29) is 6.42 Å². The molecule has 1 aromatic heterocycles. The molecule has 1 aromatic rings. The van der Waals surface area contributed by atoms with Gasteiger partial charge in [-0.3, -0.25) is 14.4 Å². The predicted molar refractivity (Wildman–Crippen MR) is 63.7 cm³/mol. The van der Waals surface area contributed by atoms with Crippen molar-refractivity contribution in [3.05, 3.63) is 17.5 Å². The fraction of sp³-hybridized carbons (Fsp3) is 0.667. The third-order valence-electron chi connectivity index (χ3n) is 3.45. The highest BCUT2D eigenvalue weighted by Crippen LogP contribution is 2.31. The molecule has 0 aromatic carbocycles. The van der Waals surface area contributed by atoms with Gasteiger partial charge in [-0.05, 0) is 32.4 Å². The first-order valence-electron chi connectivity index (χ1n) is 6.04. The van der Waals surface area contributed by atoms with Crippen molar-refractivity contribution in [1.29, 1.82) is 0 Å². The minimum Gasteiger partial charge on any atom is -0.481 e. The number of hydrogen-bond donors (Lipinski definition) is 1. The lowest BCUT2D eigenvalue weighted by Crippen LogP contribution is -2.26. The van der Waals surface area contributed by atoms with Crippen LogP contribution in [0.3, 0.4) is 0 Å². The molecule has 2 heterocycles. The fourth-order valence-corrected chi connectivity index (χ4v) is 2.42. The van der Waals surface area contributed by atoms with Gasteiger partial charge in [-0.25, -0.2) is 0 Å². The van der Waals surface area contributed by atoms with E-state index in [0.29, 0.717) is 12.6 Å². The van der Waals surface area contributed by atoms with Gasteiger partial charge in [0, 0.05) is 19.3 Å². The van der Waals surface area contributed by atoms with E-state index in [9.17, 15) is 4.79 Å². The van der Waals surface area contributed by atoms with Crippen molar-refractivity contribution in [2.75, 3.05) is 13.1 Å². The Kier molecular flexibility index (Phi) is 3.47. The van der Waals surface area contributed by atoms with Crippen LogP contribution in [0.4, 0.5) is 0 Å². The van der Waals surface area contributed by atoms with Crippen molar-refractivity contribution in [2.45, 2.75) is 32.2 Å². The summed E-state index contributed by atoms with van der Waals surface area (Å²) in [7, 11) is 1.94. The zero-order chi connectivity index (χ0) is 12.4. The molecule has 5 heteroatoms. The summed E-state index contributed by atoms with van der Waals surface area (Å²) >= 11 is 0. The van der Waals surface area contributed by atoms with E-state index in [1.54, 1.807) is 0 Å². The number of carboxylic acid groups (broad SMARTS) is 1. The lowest BCUT2D eigenvalue weighted by molar-refractivity contribution is -0.137. The van der Waals surface area contributed by atoms with Crippen molar-refractivity contribution >= 4 is 5.97 Å². The number of rotatable bonds is 4. The topological polar surface area (TPSA) is 58.4 Å². The summed E-state index contributed by atoms with van der Waals surface area (Å²) in [4.78, 5) is 12.8. The molecule has 1 atom stereocenters. The van der Waals surface area contributed by atoms with E-state index in [1.165, 1.54) is 0 Å². The molecule has 5 nitrogen and oxygen atoms in total. The predicted octanol–water partition coefficient (Wildman–Crippen LogP) is 1.34. The minimum atomic E-state index is -0.729. The Labute approximate surface area is 101 Å². The summed E-state index contributed by atoms with van der Waals surface area (Å²) in [5.74, 6) is -0.729. The van der Waals surface area contributed by atoms with Crippen LogP contribution in [0.5, 0.6) is 0 Å². The average Bonchev–Trinajstić information content (AvgIpc) is 2.83. The van der Waals surface area contributed by atoms with Gasteiger partial charge in [0.05, 0.1) is 18.2 Å². The van der Waals surface area contributed by atoms with Crippen LogP contribution >= 0.6 is 0 Å². The molecule has 0 radical (unpaired) electrons. The van der Waals surface area contributed by atoms with Crippen molar-refractivity contribution in [1.82, 2.24) is 14.7 Å². The molecule has 1 aliphatic heterocycles. The van der Waals surface area contributed by atoms with Gasteiger partial charge in [0.15, 0.2) is 0 Å². The van der Waals surface area contributed by atoms with E-state index in [4.69, 9.17) is 5.11 Å². The molecule has 17 heavy (non-hydrogen) atoms. The number of aliphatic carboxylic acids is 1. The SMILES string of the molecule is Cc1cc([C@H]2CCCN2CCC(=O)O)nn1C. The van der Waals surface area contributed by atoms with Crippen LogP contribution in [0.1, 0.15) is 36.7 Å². The molecule has 0 bridgehead atoms. The smallest absolute Gasteiger partial charge is 0.304 e. The Morgan fingerprint density at radius 2 is 2.41 bits per heavy atom. The van der Waals surface area contributed by atoms with Crippen LogP contribution in [0, 0.1) is 6.92 Å². The van der Waals surface area contributed by atoms with E-state index in [2.05, 4.69) is 16.1 Å². The molecule has 0 aliphatic carbocycles. The molecule has 0 saturated carbocycles. The average molecular weight is 237 g/mol. The Balaban J connectivity index is 2.06. The Morgan fingerprint density at radius 1 is 1.65 bits per heavy atom. The van der Waals surface area contributed by atoms with Crippen LogP contribution in [0.15, 0.2) is 6.07 Å². The summed E-state index contributed by atoms with van der Waals surface area (Å²) in [5, 5.41) is 13.2. The third-order valence-corrected chi connectivity index (χ3v) is 3.45. The molecule has 0 spiro atoms. The van der Waals surface area contributed by atoms with Crippen molar-refractivity contribution in [2.24, 2.45) is 7.05 Å². The summed E-state index contributed by atoms with van der Waals surface area (Å²) in [5.41, 5.74) is 2.22. The molecule has 1 aliphatic rings. The van der Waals surface area contributed by atoms with Crippen LogP contribution in [0.2, 0.25) is 0 Å². The van der Waals surface area contributed by atoms with Gasteiger partial charge in [0.1, 0.15) is 0 Å². The highest BCUT2D eigenvalue weighted by atomic mass is 16.4. The highest BCUT2D eigenvalue weighted by molar-refractivity contribution is 5.66. The first-order valence-corrected chi connectivity index (χ1v) is 6.04. The van der Waals surface area contributed by atoms with Crippen molar-refractivity contribution in [3.63, 3.8) is 0 Å². The largest absolute Gasteiger partial charge is 0.481 e. The summed E-state index contributed by atoms with van der Waals surface area (Å²) in [6.07, 6.45) is 2.41. The van der Waals surface area contributed by atoms with Gasteiger partial charge < -0.3 is 5.11 Å². The Morgan fingerprint density at radius 3 is 3.00 bits per heavy atom. The first kappa shape index (κ1) is 12.1. The Hall–Kier alpha value is -1.36. The number of nitrogens with zero attached hydrogens (tertiary/aromatic N) is 3. The second-order valence-corrected chi connectivity index (χ2v) is 4.67. The number of carboxylic acids is 1. The monoisotopic (exact) mass is 237 g/mol.